The zero-order chi connectivity index (χ0) is 8.97. The minimum absolute atomic E-state index is 0.198. The highest BCUT2D eigenvalue weighted by molar-refractivity contribution is 5.68. The van der Waals surface area contributed by atoms with E-state index in [0.717, 1.165) is 19.4 Å². The third kappa shape index (κ3) is 1.88. The van der Waals surface area contributed by atoms with E-state index in [1.54, 1.807) is 4.90 Å². The van der Waals surface area contributed by atoms with Gasteiger partial charge in [-0.1, -0.05) is 0 Å². The van der Waals surface area contributed by atoms with E-state index in [1.165, 1.54) is 0 Å². The van der Waals surface area contributed by atoms with E-state index in [0.29, 0.717) is 13.2 Å². The Hall–Kier alpha value is -0.770. The molecule has 1 aliphatic rings. The number of carbonyl (C=O) groups excluding carboxylic acids is 1. The summed E-state index contributed by atoms with van der Waals surface area (Å²) in [5, 5.41) is 0. The number of ether oxygens (including phenoxy) is 1. The topological polar surface area (TPSA) is 55.6 Å². The van der Waals surface area contributed by atoms with Crippen LogP contribution in [-0.2, 0) is 4.74 Å². The van der Waals surface area contributed by atoms with Crippen LogP contribution in [0.25, 0.3) is 0 Å². The van der Waals surface area contributed by atoms with Gasteiger partial charge in [0.15, 0.2) is 0 Å². The fraction of sp³-hybridized carbons (Fsp3) is 0.875. The molecular weight excluding hydrogens is 156 g/mol. The van der Waals surface area contributed by atoms with Crippen LogP contribution in [0.15, 0.2) is 0 Å². The molecule has 1 amide bonds. The van der Waals surface area contributed by atoms with Crippen LogP contribution >= 0.6 is 0 Å². The Labute approximate surface area is 72.7 Å². The number of carbonyl (C=O) groups is 1. The lowest BCUT2D eigenvalue weighted by Gasteiger charge is -2.22. The average molecular weight is 172 g/mol. The van der Waals surface area contributed by atoms with Gasteiger partial charge in [-0.3, -0.25) is 0 Å². The van der Waals surface area contributed by atoms with Crippen molar-refractivity contribution in [2.24, 2.45) is 5.73 Å². The van der Waals surface area contributed by atoms with E-state index in [2.05, 4.69) is 0 Å². The predicted molar refractivity (Wildman–Crippen MR) is 45.8 cm³/mol. The second-order valence-electron chi connectivity index (χ2n) is 2.92. The second-order valence-corrected chi connectivity index (χ2v) is 2.92. The van der Waals surface area contributed by atoms with Gasteiger partial charge in [0.1, 0.15) is 0 Å². The molecule has 1 unspecified atom stereocenters. The smallest absolute Gasteiger partial charge is 0.410 e. The number of hydrogen-bond donors (Lipinski definition) is 1. The first-order chi connectivity index (χ1) is 5.79. The third-order valence-corrected chi connectivity index (χ3v) is 2.15. The van der Waals surface area contributed by atoms with Gasteiger partial charge in [0.2, 0.25) is 0 Å². The molecule has 0 radical (unpaired) electrons. The minimum Gasteiger partial charge on any atom is -0.450 e. The van der Waals surface area contributed by atoms with Crippen LogP contribution in [-0.4, -0.2) is 36.7 Å². The SMILES string of the molecule is CCOC(=O)N1CCCC1CN. The Kier molecular flexibility index (Phi) is 3.34. The van der Waals surface area contributed by atoms with Gasteiger partial charge in [-0.2, -0.15) is 0 Å². The van der Waals surface area contributed by atoms with Crippen molar-refractivity contribution in [2.75, 3.05) is 19.7 Å². The zero-order valence-corrected chi connectivity index (χ0v) is 7.45. The maximum absolute atomic E-state index is 11.3. The van der Waals surface area contributed by atoms with Crippen LogP contribution < -0.4 is 5.73 Å². The van der Waals surface area contributed by atoms with Gasteiger partial charge in [0, 0.05) is 19.1 Å². The summed E-state index contributed by atoms with van der Waals surface area (Å²) in [6, 6.07) is 0.198. The standard InChI is InChI=1S/C8H16N2O2/c1-2-12-8(11)10-5-3-4-7(10)6-9/h7H,2-6,9H2,1H3. The van der Waals surface area contributed by atoms with E-state index in [9.17, 15) is 4.79 Å². The van der Waals surface area contributed by atoms with E-state index >= 15 is 0 Å². The number of amides is 1. The molecule has 0 aromatic heterocycles. The number of hydrogen-bond acceptors (Lipinski definition) is 3. The Morgan fingerprint density at radius 3 is 3.08 bits per heavy atom. The lowest BCUT2D eigenvalue weighted by atomic mass is 10.2. The lowest BCUT2D eigenvalue weighted by molar-refractivity contribution is 0.104. The molecular formula is C8H16N2O2. The number of rotatable bonds is 2. The summed E-state index contributed by atoms with van der Waals surface area (Å²) in [4.78, 5) is 13.0. The van der Waals surface area contributed by atoms with Crippen molar-refractivity contribution in [1.82, 2.24) is 4.90 Å². The summed E-state index contributed by atoms with van der Waals surface area (Å²) in [5.74, 6) is 0. The lowest BCUT2D eigenvalue weighted by Crippen LogP contribution is -2.40. The Balaban J connectivity index is 2.43. The highest BCUT2D eigenvalue weighted by Gasteiger charge is 2.28. The Morgan fingerprint density at radius 2 is 2.50 bits per heavy atom. The molecule has 4 nitrogen and oxygen atoms in total. The summed E-state index contributed by atoms with van der Waals surface area (Å²) < 4.78 is 4.89. The van der Waals surface area contributed by atoms with Gasteiger partial charge in [0.25, 0.3) is 0 Å². The highest BCUT2D eigenvalue weighted by atomic mass is 16.6. The van der Waals surface area contributed by atoms with Crippen LogP contribution in [0.2, 0.25) is 0 Å². The van der Waals surface area contributed by atoms with Gasteiger partial charge < -0.3 is 15.4 Å². The summed E-state index contributed by atoms with van der Waals surface area (Å²) in [6.07, 6.45) is 1.83. The van der Waals surface area contributed by atoms with Crippen molar-refractivity contribution in [3.8, 4) is 0 Å². The first kappa shape index (κ1) is 9.32. The van der Waals surface area contributed by atoms with Gasteiger partial charge in [-0.05, 0) is 19.8 Å². The molecule has 0 bridgehead atoms. The monoisotopic (exact) mass is 172 g/mol. The Morgan fingerprint density at radius 1 is 1.75 bits per heavy atom. The number of nitrogens with zero attached hydrogens (tertiary/aromatic N) is 1. The van der Waals surface area contributed by atoms with Crippen molar-refractivity contribution in [1.29, 1.82) is 0 Å². The van der Waals surface area contributed by atoms with Crippen molar-refractivity contribution in [2.45, 2.75) is 25.8 Å². The van der Waals surface area contributed by atoms with Crippen LogP contribution in [0.4, 0.5) is 4.79 Å². The molecule has 0 aromatic carbocycles. The predicted octanol–water partition coefficient (Wildman–Crippen LogP) is 0.566. The fourth-order valence-corrected chi connectivity index (χ4v) is 1.53. The average Bonchev–Trinajstić information content (AvgIpc) is 2.51. The number of nitrogens with two attached hydrogens (primary N) is 1. The second kappa shape index (κ2) is 4.30. The molecule has 2 N–H and O–H groups in total. The molecule has 1 saturated heterocycles. The molecule has 1 aliphatic heterocycles. The highest BCUT2D eigenvalue weighted by Crippen LogP contribution is 2.16. The fourth-order valence-electron chi connectivity index (χ4n) is 1.53. The molecule has 70 valence electrons. The number of likely N-dealkylation sites (tertiary alicyclic amines) is 1. The molecule has 0 aliphatic carbocycles. The first-order valence-electron chi connectivity index (χ1n) is 4.43. The first-order valence-corrected chi connectivity index (χ1v) is 4.43. The maximum atomic E-state index is 11.3. The summed E-state index contributed by atoms with van der Waals surface area (Å²) in [5.41, 5.74) is 5.51. The molecule has 0 spiro atoms. The van der Waals surface area contributed by atoms with Crippen molar-refractivity contribution >= 4 is 6.09 Å². The van der Waals surface area contributed by atoms with Crippen LogP contribution in [0.5, 0.6) is 0 Å². The van der Waals surface area contributed by atoms with Crippen LogP contribution in [0, 0.1) is 0 Å². The van der Waals surface area contributed by atoms with Gasteiger partial charge in [-0.15, -0.1) is 0 Å². The van der Waals surface area contributed by atoms with Gasteiger partial charge in [-0.25, -0.2) is 4.79 Å². The van der Waals surface area contributed by atoms with E-state index in [4.69, 9.17) is 10.5 Å². The van der Waals surface area contributed by atoms with E-state index < -0.39 is 0 Å². The van der Waals surface area contributed by atoms with Crippen molar-refractivity contribution in [3.05, 3.63) is 0 Å². The molecule has 1 rings (SSSR count). The zero-order valence-electron chi connectivity index (χ0n) is 7.45. The van der Waals surface area contributed by atoms with E-state index in [-0.39, 0.29) is 12.1 Å². The van der Waals surface area contributed by atoms with Gasteiger partial charge in [0.05, 0.1) is 6.61 Å². The van der Waals surface area contributed by atoms with Crippen LogP contribution in [0.3, 0.4) is 0 Å². The molecule has 12 heavy (non-hydrogen) atoms. The van der Waals surface area contributed by atoms with Crippen LogP contribution in [0.1, 0.15) is 19.8 Å². The van der Waals surface area contributed by atoms with E-state index in [1.807, 2.05) is 6.92 Å². The Bertz CT molecular complexity index is 161. The van der Waals surface area contributed by atoms with Crippen molar-refractivity contribution in [3.63, 3.8) is 0 Å². The largest absolute Gasteiger partial charge is 0.450 e. The third-order valence-electron chi connectivity index (χ3n) is 2.15. The minimum atomic E-state index is -0.217. The molecule has 0 aromatic rings. The summed E-state index contributed by atoms with van der Waals surface area (Å²) in [7, 11) is 0. The summed E-state index contributed by atoms with van der Waals surface area (Å²) in [6.45, 7) is 3.58. The molecule has 1 atom stereocenters. The van der Waals surface area contributed by atoms with Gasteiger partial charge >= 0.3 is 6.09 Å². The maximum Gasteiger partial charge on any atom is 0.410 e. The molecule has 4 heteroatoms. The summed E-state index contributed by atoms with van der Waals surface area (Å²) >= 11 is 0. The van der Waals surface area contributed by atoms with Crippen molar-refractivity contribution < 1.29 is 9.53 Å². The quantitative estimate of drug-likeness (QED) is 0.662. The molecule has 0 saturated carbocycles. The molecule has 1 heterocycles. The molecule has 1 fully saturated rings. The normalized spacial score (nSPS) is 22.8.